The van der Waals surface area contributed by atoms with E-state index >= 15 is 0 Å². The smallest absolute Gasteiger partial charge is 0.203 e. The molecular formula is C14H16N6O. The van der Waals surface area contributed by atoms with Crippen molar-refractivity contribution in [3.8, 4) is 17.3 Å². The minimum Gasteiger partial charge on any atom is -0.495 e. The van der Waals surface area contributed by atoms with Gasteiger partial charge in [0.05, 0.1) is 13.3 Å². The number of aromatic nitrogens is 5. The highest BCUT2D eigenvalue weighted by atomic mass is 16.5. The highest BCUT2D eigenvalue weighted by Gasteiger charge is 2.11. The number of rotatable bonds is 4. The Labute approximate surface area is 122 Å². The molecule has 3 aromatic heterocycles. The molecule has 0 radical (unpaired) electrons. The van der Waals surface area contributed by atoms with E-state index < -0.39 is 0 Å². The Bertz CT molecular complexity index is 750. The van der Waals surface area contributed by atoms with Gasteiger partial charge in [-0.25, -0.2) is 4.98 Å². The van der Waals surface area contributed by atoms with Gasteiger partial charge < -0.3 is 10.1 Å². The fourth-order valence-electron chi connectivity index (χ4n) is 1.95. The van der Waals surface area contributed by atoms with Crippen molar-refractivity contribution in [2.24, 2.45) is 0 Å². The second-order valence-corrected chi connectivity index (χ2v) is 4.89. The number of fused-ring (bicyclic) bond motifs is 1. The van der Waals surface area contributed by atoms with E-state index in [-0.39, 0.29) is 0 Å². The van der Waals surface area contributed by atoms with Gasteiger partial charge >= 0.3 is 0 Å². The number of nitrogens with one attached hydrogen (secondary N) is 1. The van der Waals surface area contributed by atoms with Crippen LogP contribution in [0.1, 0.15) is 13.8 Å². The summed E-state index contributed by atoms with van der Waals surface area (Å²) in [7, 11) is 1.61. The first-order valence-electron chi connectivity index (χ1n) is 6.67. The van der Waals surface area contributed by atoms with Crippen molar-refractivity contribution >= 4 is 11.5 Å². The quantitative estimate of drug-likeness (QED) is 0.789. The van der Waals surface area contributed by atoms with Gasteiger partial charge in [-0.1, -0.05) is 0 Å². The van der Waals surface area contributed by atoms with Gasteiger partial charge in [0.2, 0.25) is 5.82 Å². The predicted molar refractivity (Wildman–Crippen MR) is 79.3 cm³/mol. The molecule has 0 atom stereocenters. The summed E-state index contributed by atoms with van der Waals surface area (Å²) in [5.74, 6) is 2.06. The number of hydrogen-bond acceptors (Lipinski definition) is 6. The molecular weight excluding hydrogens is 268 g/mol. The molecule has 0 saturated carbocycles. The third kappa shape index (κ3) is 2.62. The summed E-state index contributed by atoms with van der Waals surface area (Å²) in [4.78, 5) is 4.32. The van der Waals surface area contributed by atoms with Crippen LogP contribution in [0.2, 0.25) is 0 Å². The van der Waals surface area contributed by atoms with E-state index in [4.69, 9.17) is 4.74 Å². The molecule has 0 saturated heterocycles. The van der Waals surface area contributed by atoms with E-state index in [1.54, 1.807) is 17.8 Å². The molecule has 0 aliphatic carbocycles. The van der Waals surface area contributed by atoms with Crippen LogP contribution < -0.4 is 10.1 Å². The van der Waals surface area contributed by atoms with Crippen LogP contribution in [0, 0.1) is 0 Å². The minimum atomic E-state index is 0.300. The van der Waals surface area contributed by atoms with Gasteiger partial charge in [0.1, 0.15) is 17.3 Å². The zero-order valence-electron chi connectivity index (χ0n) is 12.1. The van der Waals surface area contributed by atoms with E-state index in [2.05, 4.69) is 39.4 Å². The van der Waals surface area contributed by atoms with E-state index in [0.717, 1.165) is 5.82 Å². The second kappa shape index (κ2) is 5.35. The second-order valence-electron chi connectivity index (χ2n) is 4.89. The van der Waals surface area contributed by atoms with Crippen LogP contribution in [0.3, 0.4) is 0 Å². The van der Waals surface area contributed by atoms with Crippen LogP contribution in [0.15, 0.2) is 30.5 Å². The Balaban J connectivity index is 2.04. The molecule has 3 heterocycles. The number of nitrogens with zero attached hydrogens (tertiary/aromatic N) is 5. The number of hydrogen-bond donors (Lipinski definition) is 1. The summed E-state index contributed by atoms with van der Waals surface area (Å²) in [6.07, 6.45) is 1.65. The molecule has 0 aromatic carbocycles. The molecule has 1 N–H and O–H groups in total. The van der Waals surface area contributed by atoms with Gasteiger partial charge in [-0.2, -0.15) is 4.52 Å². The Morgan fingerprint density at radius 3 is 2.67 bits per heavy atom. The van der Waals surface area contributed by atoms with Gasteiger partial charge in [-0.15, -0.1) is 15.3 Å². The van der Waals surface area contributed by atoms with Crippen molar-refractivity contribution in [1.82, 2.24) is 24.8 Å². The lowest BCUT2D eigenvalue weighted by Gasteiger charge is -2.08. The van der Waals surface area contributed by atoms with Crippen LogP contribution in [0.25, 0.3) is 17.2 Å². The van der Waals surface area contributed by atoms with Crippen molar-refractivity contribution < 1.29 is 4.74 Å². The zero-order valence-corrected chi connectivity index (χ0v) is 12.1. The molecule has 3 rings (SSSR count). The maximum Gasteiger partial charge on any atom is 0.203 e. The lowest BCUT2D eigenvalue weighted by molar-refractivity contribution is 0.413. The van der Waals surface area contributed by atoms with Crippen molar-refractivity contribution in [3.05, 3.63) is 30.5 Å². The molecule has 0 spiro atoms. The fourth-order valence-corrected chi connectivity index (χ4v) is 1.95. The zero-order chi connectivity index (χ0) is 14.8. The van der Waals surface area contributed by atoms with Crippen LogP contribution in [0.5, 0.6) is 5.75 Å². The first-order valence-corrected chi connectivity index (χ1v) is 6.67. The number of anilines is 1. The molecule has 7 nitrogen and oxygen atoms in total. The van der Waals surface area contributed by atoms with Crippen molar-refractivity contribution in [2.75, 3.05) is 12.4 Å². The van der Waals surface area contributed by atoms with Crippen LogP contribution >= 0.6 is 0 Å². The maximum atomic E-state index is 5.11. The highest BCUT2D eigenvalue weighted by Crippen LogP contribution is 2.18. The summed E-state index contributed by atoms with van der Waals surface area (Å²) in [6.45, 7) is 4.12. The van der Waals surface area contributed by atoms with Gasteiger partial charge in [-0.05, 0) is 38.1 Å². The Hall–Kier alpha value is -2.70. The van der Waals surface area contributed by atoms with Crippen molar-refractivity contribution in [3.63, 3.8) is 0 Å². The molecule has 21 heavy (non-hydrogen) atoms. The van der Waals surface area contributed by atoms with Crippen LogP contribution in [0.4, 0.5) is 5.82 Å². The highest BCUT2D eigenvalue weighted by molar-refractivity contribution is 5.56. The normalized spacial score (nSPS) is 11.0. The topological polar surface area (TPSA) is 77.2 Å². The Kier molecular flexibility index (Phi) is 3.39. The van der Waals surface area contributed by atoms with Crippen molar-refractivity contribution in [2.45, 2.75) is 19.9 Å². The molecule has 0 bridgehead atoms. The summed E-state index contributed by atoms with van der Waals surface area (Å²) in [5, 5.41) is 16.0. The Morgan fingerprint density at radius 1 is 1.14 bits per heavy atom. The molecule has 0 amide bonds. The SMILES string of the molecule is COc1ccc(-c2nnc3ccc(NC(C)C)nn23)nc1. The molecule has 7 heteroatoms. The van der Waals surface area contributed by atoms with Gasteiger partial charge in [-0.3, -0.25) is 0 Å². The lowest BCUT2D eigenvalue weighted by atomic mass is 10.3. The maximum absolute atomic E-state index is 5.11. The van der Waals surface area contributed by atoms with Gasteiger partial charge in [0, 0.05) is 6.04 Å². The number of ether oxygens (including phenoxy) is 1. The third-order valence-corrected chi connectivity index (χ3v) is 2.90. The van der Waals surface area contributed by atoms with Gasteiger partial charge in [0.15, 0.2) is 5.65 Å². The predicted octanol–water partition coefficient (Wildman–Crippen LogP) is 2.02. The average molecular weight is 284 g/mol. The molecule has 0 aliphatic heterocycles. The van der Waals surface area contributed by atoms with E-state index in [1.165, 1.54) is 0 Å². The monoisotopic (exact) mass is 284 g/mol. The van der Waals surface area contributed by atoms with Crippen LogP contribution in [-0.2, 0) is 0 Å². The summed E-state index contributed by atoms with van der Waals surface area (Å²) in [6, 6.07) is 7.72. The fraction of sp³-hybridized carbons (Fsp3) is 0.286. The van der Waals surface area contributed by atoms with Crippen LogP contribution in [-0.4, -0.2) is 37.9 Å². The molecule has 3 aromatic rings. The van der Waals surface area contributed by atoms with E-state index in [9.17, 15) is 0 Å². The molecule has 0 fully saturated rings. The minimum absolute atomic E-state index is 0.300. The largest absolute Gasteiger partial charge is 0.495 e. The average Bonchev–Trinajstić information content (AvgIpc) is 2.90. The first kappa shape index (κ1) is 13.3. The standard InChI is InChI=1S/C14H16N6O/c1-9(2)16-12-6-7-13-17-18-14(20(13)19-12)11-5-4-10(21-3)8-15-11/h4-9H,1-3H3,(H,16,19). The third-order valence-electron chi connectivity index (χ3n) is 2.90. The van der Waals surface area contributed by atoms with Gasteiger partial charge in [0.25, 0.3) is 0 Å². The van der Waals surface area contributed by atoms with E-state index in [0.29, 0.717) is 29.0 Å². The number of methoxy groups -OCH3 is 1. The number of pyridine rings is 1. The summed E-state index contributed by atoms with van der Waals surface area (Å²) in [5.41, 5.74) is 1.37. The molecule has 108 valence electrons. The Morgan fingerprint density at radius 2 is 2.00 bits per heavy atom. The molecule has 0 aliphatic rings. The van der Waals surface area contributed by atoms with Crippen molar-refractivity contribution in [1.29, 1.82) is 0 Å². The summed E-state index contributed by atoms with van der Waals surface area (Å²) < 4.78 is 6.79. The first-order chi connectivity index (χ1) is 10.2. The summed E-state index contributed by atoms with van der Waals surface area (Å²) >= 11 is 0. The molecule has 0 unspecified atom stereocenters. The lowest BCUT2D eigenvalue weighted by Crippen LogP contribution is -2.12. The van der Waals surface area contributed by atoms with E-state index in [1.807, 2.05) is 24.3 Å².